The molecule has 1 aliphatic rings. The van der Waals surface area contributed by atoms with Gasteiger partial charge in [0.1, 0.15) is 0 Å². The van der Waals surface area contributed by atoms with E-state index in [1.807, 2.05) is 17.0 Å². The number of carboxylic acids is 1. The molecule has 1 aliphatic heterocycles. The lowest BCUT2D eigenvalue weighted by Gasteiger charge is -2.21. The average molecular weight is 294 g/mol. The van der Waals surface area contributed by atoms with Crippen LogP contribution in [0.25, 0.3) is 0 Å². The lowest BCUT2D eigenvalue weighted by atomic mass is 10.2. The van der Waals surface area contributed by atoms with E-state index in [1.54, 1.807) is 6.07 Å². The molecule has 1 saturated heterocycles. The van der Waals surface area contributed by atoms with Gasteiger partial charge in [-0.05, 0) is 30.7 Å². The van der Waals surface area contributed by atoms with Crippen molar-refractivity contribution in [3.05, 3.63) is 23.8 Å². The van der Waals surface area contributed by atoms with Gasteiger partial charge in [0.05, 0.1) is 13.7 Å². The monoisotopic (exact) mass is 294 g/mol. The minimum atomic E-state index is -0.772. The highest BCUT2D eigenvalue weighted by molar-refractivity contribution is 5.69. The topological polar surface area (TPSA) is 73.2 Å². The second kappa shape index (κ2) is 7.28. The molecule has 6 nitrogen and oxygen atoms in total. The van der Waals surface area contributed by atoms with E-state index in [9.17, 15) is 9.90 Å². The van der Waals surface area contributed by atoms with Crippen LogP contribution in [0.5, 0.6) is 11.5 Å². The minimum Gasteiger partial charge on any atom is -0.504 e. The first-order valence-corrected chi connectivity index (χ1v) is 7.11. The van der Waals surface area contributed by atoms with Crippen LogP contribution in [-0.4, -0.2) is 65.8 Å². The zero-order valence-corrected chi connectivity index (χ0v) is 12.3. The molecule has 116 valence electrons. The largest absolute Gasteiger partial charge is 0.504 e. The number of nitrogens with zero attached hydrogens (tertiary/aromatic N) is 2. The van der Waals surface area contributed by atoms with Crippen LogP contribution in [-0.2, 0) is 11.3 Å². The van der Waals surface area contributed by atoms with Gasteiger partial charge in [0.15, 0.2) is 11.5 Å². The Kier molecular flexibility index (Phi) is 5.41. The third-order valence-electron chi connectivity index (χ3n) is 3.69. The molecule has 0 bridgehead atoms. The summed E-state index contributed by atoms with van der Waals surface area (Å²) in [5, 5.41) is 18.5. The number of benzene rings is 1. The van der Waals surface area contributed by atoms with Crippen LogP contribution in [0.2, 0.25) is 0 Å². The number of rotatable bonds is 5. The van der Waals surface area contributed by atoms with Gasteiger partial charge in [-0.1, -0.05) is 6.07 Å². The molecule has 0 aliphatic carbocycles. The second-order valence-corrected chi connectivity index (χ2v) is 5.31. The predicted molar refractivity (Wildman–Crippen MR) is 78.6 cm³/mol. The number of aromatic hydroxyl groups is 1. The van der Waals surface area contributed by atoms with Gasteiger partial charge in [0.2, 0.25) is 0 Å². The fourth-order valence-corrected chi connectivity index (χ4v) is 2.61. The summed E-state index contributed by atoms with van der Waals surface area (Å²) in [5.74, 6) is -0.147. The van der Waals surface area contributed by atoms with Gasteiger partial charge < -0.3 is 14.9 Å². The van der Waals surface area contributed by atoms with Gasteiger partial charge in [0.25, 0.3) is 0 Å². The molecule has 1 fully saturated rings. The summed E-state index contributed by atoms with van der Waals surface area (Å²) < 4.78 is 5.12. The Morgan fingerprint density at radius 3 is 2.67 bits per heavy atom. The molecule has 0 amide bonds. The summed E-state index contributed by atoms with van der Waals surface area (Å²) >= 11 is 0. The van der Waals surface area contributed by atoms with E-state index in [2.05, 4.69) is 4.90 Å². The summed E-state index contributed by atoms with van der Waals surface area (Å²) in [6.45, 7) is 4.26. The lowest BCUT2D eigenvalue weighted by molar-refractivity contribution is -0.138. The van der Waals surface area contributed by atoms with Gasteiger partial charge in [0, 0.05) is 26.2 Å². The first-order valence-electron chi connectivity index (χ1n) is 7.11. The Hall–Kier alpha value is -1.79. The van der Waals surface area contributed by atoms with Crippen LogP contribution in [0, 0.1) is 0 Å². The van der Waals surface area contributed by atoms with E-state index in [0.29, 0.717) is 5.75 Å². The molecule has 2 rings (SSSR count). The molecule has 1 aromatic rings. The van der Waals surface area contributed by atoms with Gasteiger partial charge in [-0.25, -0.2) is 0 Å². The Bertz CT molecular complexity index is 493. The van der Waals surface area contributed by atoms with Gasteiger partial charge >= 0.3 is 5.97 Å². The second-order valence-electron chi connectivity index (χ2n) is 5.31. The highest BCUT2D eigenvalue weighted by atomic mass is 16.5. The SMILES string of the molecule is COc1cc(CN2CCCN(CC(=O)O)CC2)ccc1O. The number of hydrogen-bond acceptors (Lipinski definition) is 5. The number of phenols is 1. The zero-order chi connectivity index (χ0) is 15.2. The number of ether oxygens (including phenoxy) is 1. The number of methoxy groups -OCH3 is 1. The quantitative estimate of drug-likeness (QED) is 0.844. The standard InChI is InChI=1S/C15H22N2O4/c1-21-14-9-12(3-4-13(14)18)10-16-5-2-6-17(8-7-16)11-15(19)20/h3-4,9,18H,2,5-8,10-11H2,1H3,(H,19,20). The molecule has 21 heavy (non-hydrogen) atoms. The van der Waals surface area contributed by atoms with Gasteiger partial charge in [-0.2, -0.15) is 0 Å². The normalized spacial score (nSPS) is 17.4. The van der Waals surface area contributed by atoms with E-state index < -0.39 is 5.97 Å². The summed E-state index contributed by atoms with van der Waals surface area (Å²) in [4.78, 5) is 15.0. The smallest absolute Gasteiger partial charge is 0.317 e. The van der Waals surface area contributed by atoms with Crippen LogP contribution >= 0.6 is 0 Å². The van der Waals surface area contributed by atoms with Crippen molar-refractivity contribution in [2.24, 2.45) is 0 Å². The molecule has 6 heteroatoms. The van der Waals surface area contributed by atoms with Crippen LogP contribution in [0.3, 0.4) is 0 Å². The number of phenolic OH excluding ortho intramolecular Hbond substituents is 1. The molecule has 2 N–H and O–H groups in total. The average Bonchev–Trinajstić information content (AvgIpc) is 2.66. The first-order chi connectivity index (χ1) is 10.1. The third-order valence-corrected chi connectivity index (χ3v) is 3.69. The Balaban J connectivity index is 1.92. The van der Waals surface area contributed by atoms with Gasteiger partial charge in [-0.3, -0.25) is 14.6 Å². The Labute approximate surface area is 124 Å². The molecule has 0 unspecified atom stereocenters. The van der Waals surface area contributed by atoms with Crippen molar-refractivity contribution >= 4 is 5.97 Å². The van der Waals surface area contributed by atoms with Crippen molar-refractivity contribution < 1.29 is 19.7 Å². The van der Waals surface area contributed by atoms with E-state index >= 15 is 0 Å². The van der Waals surface area contributed by atoms with E-state index in [1.165, 1.54) is 7.11 Å². The Morgan fingerprint density at radius 1 is 1.24 bits per heavy atom. The molecular weight excluding hydrogens is 272 g/mol. The third kappa shape index (κ3) is 4.61. The molecule has 0 aromatic heterocycles. The molecular formula is C15H22N2O4. The summed E-state index contributed by atoms with van der Waals surface area (Å²) in [6, 6.07) is 5.37. The van der Waals surface area contributed by atoms with Crippen molar-refractivity contribution in [3.8, 4) is 11.5 Å². The van der Waals surface area contributed by atoms with Crippen molar-refractivity contribution in [2.75, 3.05) is 39.8 Å². The van der Waals surface area contributed by atoms with Crippen LogP contribution < -0.4 is 4.74 Å². The molecule has 1 heterocycles. The van der Waals surface area contributed by atoms with E-state index in [0.717, 1.165) is 44.7 Å². The summed E-state index contributed by atoms with van der Waals surface area (Å²) in [7, 11) is 1.54. The fraction of sp³-hybridized carbons (Fsp3) is 0.533. The van der Waals surface area contributed by atoms with E-state index in [-0.39, 0.29) is 12.3 Å². The zero-order valence-electron chi connectivity index (χ0n) is 12.3. The number of carboxylic acid groups (broad SMARTS) is 1. The molecule has 0 spiro atoms. The summed E-state index contributed by atoms with van der Waals surface area (Å²) in [5.41, 5.74) is 1.08. The molecule has 1 aromatic carbocycles. The number of carbonyl (C=O) groups is 1. The van der Waals surface area contributed by atoms with Crippen molar-refractivity contribution in [2.45, 2.75) is 13.0 Å². The minimum absolute atomic E-state index is 0.112. The lowest BCUT2D eigenvalue weighted by Crippen LogP contribution is -2.34. The van der Waals surface area contributed by atoms with Gasteiger partial charge in [-0.15, -0.1) is 0 Å². The fourth-order valence-electron chi connectivity index (χ4n) is 2.61. The summed E-state index contributed by atoms with van der Waals surface area (Å²) in [6.07, 6.45) is 0.961. The van der Waals surface area contributed by atoms with Crippen LogP contribution in [0.15, 0.2) is 18.2 Å². The Morgan fingerprint density at radius 2 is 1.95 bits per heavy atom. The highest BCUT2D eigenvalue weighted by Gasteiger charge is 2.17. The maximum Gasteiger partial charge on any atom is 0.317 e. The van der Waals surface area contributed by atoms with Crippen LogP contribution in [0.1, 0.15) is 12.0 Å². The number of aliphatic carboxylic acids is 1. The van der Waals surface area contributed by atoms with Crippen LogP contribution in [0.4, 0.5) is 0 Å². The van der Waals surface area contributed by atoms with E-state index in [4.69, 9.17) is 9.84 Å². The number of hydrogen-bond donors (Lipinski definition) is 2. The molecule has 0 saturated carbocycles. The maximum atomic E-state index is 10.8. The van der Waals surface area contributed by atoms with Crippen molar-refractivity contribution in [3.63, 3.8) is 0 Å². The molecule has 0 radical (unpaired) electrons. The maximum absolute atomic E-state index is 10.8. The highest BCUT2D eigenvalue weighted by Crippen LogP contribution is 2.26. The molecule has 0 atom stereocenters. The predicted octanol–water partition coefficient (Wildman–Crippen LogP) is 0.993. The van der Waals surface area contributed by atoms with Crippen molar-refractivity contribution in [1.82, 2.24) is 9.80 Å². The first kappa shape index (κ1) is 15.6. The van der Waals surface area contributed by atoms with Crippen molar-refractivity contribution in [1.29, 1.82) is 0 Å².